The second-order valence-electron chi connectivity index (χ2n) is 6.22. The predicted octanol–water partition coefficient (Wildman–Crippen LogP) is 3.31. The van der Waals surface area contributed by atoms with E-state index in [-0.39, 0.29) is 18.3 Å². The van der Waals surface area contributed by atoms with Gasteiger partial charge in [0.15, 0.2) is 0 Å². The molecule has 1 heterocycles. The Morgan fingerprint density at radius 2 is 2.05 bits per heavy atom. The van der Waals surface area contributed by atoms with E-state index in [0.717, 1.165) is 32.5 Å². The number of hydrogen-bond donors (Lipinski definition) is 1. The summed E-state index contributed by atoms with van der Waals surface area (Å²) in [7, 11) is 1.90. The molecule has 0 aromatic heterocycles. The maximum Gasteiger partial charge on any atom is 0.226 e. The molecule has 1 saturated heterocycles. The average molecular weight is 325 g/mol. The maximum absolute atomic E-state index is 12.5. The van der Waals surface area contributed by atoms with Crippen molar-refractivity contribution in [2.24, 2.45) is 11.8 Å². The summed E-state index contributed by atoms with van der Waals surface area (Å²) in [5.41, 5.74) is 1.43. The summed E-state index contributed by atoms with van der Waals surface area (Å²) in [5, 5.41) is 3.10. The topological polar surface area (TPSA) is 32.3 Å². The smallest absolute Gasteiger partial charge is 0.226 e. The van der Waals surface area contributed by atoms with Crippen LogP contribution in [0.5, 0.6) is 0 Å². The van der Waals surface area contributed by atoms with Crippen molar-refractivity contribution < 1.29 is 4.79 Å². The number of carbonyl (C=O) groups is 1. The van der Waals surface area contributed by atoms with Gasteiger partial charge in [-0.1, -0.05) is 50.6 Å². The van der Waals surface area contributed by atoms with Crippen LogP contribution < -0.4 is 5.32 Å². The van der Waals surface area contributed by atoms with Crippen LogP contribution >= 0.6 is 12.4 Å². The third-order valence-electron chi connectivity index (χ3n) is 4.73. The number of piperidine rings is 1. The van der Waals surface area contributed by atoms with E-state index in [2.05, 4.69) is 47.5 Å². The van der Waals surface area contributed by atoms with Gasteiger partial charge < -0.3 is 10.2 Å². The Morgan fingerprint density at radius 1 is 1.36 bits per heavy atom. The minimum absolute atomic E-state index is 0. The Labute approximate surface area is 140 Å². The minimum atomic E-state index is 0. The van der Waals surface area contributed by atoms with Crippen LogP contribution in [-0.2, 0) is 4.79 Å². The lowest BCUT2D eigenvalue weighted by atomic mass is 9.79. The fraction of sp³-hybridized carbons (Fsp3) is 0.611. The second-order valence-corrected chi connectivity index (χ2v) is 6.22. The number of nitrogens with one attached hydrogen (secondary N) is 1. The molecule has 22 heavy (non-hydrogen) atoms. The number of likely N-dealkylation sites (tertiary alicyclic amines) is 1. The summed E-state index contributed by atoms with van der Waals surface area (Å²) < 4.78 is 0. The predicted molar refractivity (Wildman–Crippen MR) is 94.5 cm³/mol. The average Bonchev–Trinajstić information content (AvgIpc) is 2.54. The van der Waals surface area contributed by atoms with Crippen molar-refractivity contribution >= 4 is 18.3 Å². The van der Waals surface area contributed by atoms with E-state index >= 15 is 0 Å². The maximum atomic E-state index is 12.5. The molecule has 1 fully saturated rings. The molecule has 1 aliphatic heterocycles. The fourth-order valence-corrected chi connectivity index (χ4v) is 3.49. The zero-order valence-corrected chi connectivity index (χ0v) is 14.7. The molecule has 1 aromatic carbocycles. The molecular weight excluding hydrogens is 296 g/mol. The molecule has 1 aromatic rings. The zero-order valence-electron chi connectivity index (χ0n) is 13.9. The third kappa shape index (κ3) is 4.47. The monoisotopic (exact) mass is 324 g/mol. The van der Waals surface area contributed by atoms with Crippen LogP contribution in [0.25, 0.3) is 0 Å². The molecule has 124 valence electrons. The van der Waals surface area contributed by atoms with Crippen molar-refractivity contribution in [2.45, 2.75) is 32.6 Å². The second kappa shape index (κ2) is 9.16. The highest BCUT2D eigenvalue weighted by atomic mass is 35.5. The molecule has 0 aliphatic carbocycles. The normalized spacial score (nSPS) is 22.8. The summed E-state index contributed by atoms with van der Waals surface area (Å²) in [5.74, 6) is 1.54. The van der Waals surface area contributed by atoms with Crippen LogP contribution in [0.3, 0.4) is 0 Å². The van der Waals surface area contributed by atoms with E-state index in [0.29, 0.717) is 17.7 Å². The van der Waals surface area contributed by atoms with Crippen molar-refractivity contribution in [3.05, 3.63) is 35.9 Å². The van der Waals surface area contributed by atoms with Gasteiger partial charge in [0.25, 0.3) is 0 Å². The lowest BCUT2D eigenvalue weighted by molar-refractivity contribution is -0.137. The molecule has 1 amide bonds. The Kier molecular flexibility index (Phi) is 7.91. The van der Waals surface area contributed by atoms with E-state index in [9.17, 15) is 4.79 Å². The SMILES string of the molecule is CCC1CN(C(=O)C(C)CNC)CCC1c1ccccc1.Cl. The molecule has 0 spiro atoms. The first kappa shape index (κ1) is 19.0. The van der Waals surface area contributed by atoms with Gasteiger partial charge in [0.05, 0.1) is 0 Å². The van der Waals surface area contributed by atoms with Crippen LogP contribution in [0.15, 0.2) is 30.3 Å². The Morgan fingerprint density at radius 3 is 2.64 bits per heavy atom. The molecule has 3 nitrogen and oxygen atoms in total. The first-order chi connectivity index (χ1) is 10.2. The highest BCUT2D eigenvalue weighted by Crippen LogP contribution is 2.35. The number of hydrogen-bond acceptors (Lipinski definition) is 2. The summed E-state index contributed by atoms with van der Waals surface area (Å²) in [4.78, 5) is 14.6. The molecular formula is C18H29ClN2O. The molecule has 0 saturated carbocycles. The number of nitrogens with zero attached hydrogens (tertiary/aromatic N) is 1. The van der Waals surface area contributed by atoms with Crippen LogP contribution in [0.4, 0.5) is 0 Å². The quantitative estimate of drug-likeness (QED) is 0.901. The largest absolute Gasteiger partial charge is 0.342 e. The van der Waals surface area contributed by atoms with E-state index in [1.807, 2.05) is 14.0 Å². The lowest BCUT2D eigenvalue weighted by Gasteiger charge is -2.39. The molecule has 4 heteroatoms. The van der Waals surface area contributed by atoms with Crippen molar-refractivity contribution in [1.29, 1.82) is 0 Å². The molecule has 0 radical (unpaired) electrons. The van der Waals surface area contributed by atoms with Gasteiger partial charge >= 0.3 is 0 Å². The van der Waals surface area contributed by atoms with Gasteiger partial charge in [-0.25, -0.2) is 0 Å². The van der Waals surface area contributed by atoms with Gasteiger partial charge in [-0.2, -0.15) is 0 Å². The summed E-state index contributed by atoms with van der Waals surface area (Å²) in [6.07, 6.45) is 2.21. The van der Waals surface area contributed by atoms with Crippen molar-refractivity contribution in [2.75, 3.05) is 26.7 Å². The van der Waals surface area contributed by atoms with Crippen LogP contribution in [-0.4, -0.2) is 37.5 Å². The van der Waals surface area contributed by atoms with Crippen molar-refractivity contribution in [3.8, 4) is 0 Å². The van der Waals surface area contributed by atoms with E-state index in [4.69, 9.17) is 0 Å². The van der Waals surface area contributed by atoms with Gasteiger partial charge in [-0.3, -0.25) is 4.79 Å². The molecule has 1 N–H and O–H groups in total. The number of rotatable bonds is 5. The van der Waals surface area contributed by atoms with Crippen LogP contribution in [0.2, 0.25) is 0 Å². The fourth-order valence-electron chi connectivity index (χ4n) is 3.49. The zero-order chi connectivity index (χ0) is 15.2. The standard InChI is InChI=1S/C18H28N2O.ClH/c1-4-15-13-20(18(21)14(2)12-19-3)11-10-17(15)16-8-6-5-7-9-16;/h5-9,14-15,17,19H,4,10-13H2,1-3H3;1H. The Balaban J connectivity index is 0.00000242. The van der Waals surface area contributed by atoms with Gasteiger partial charge in [-0.05, 0) is 30.9 Å². The van der Waals surface area contributed by atoms with Crippen molar-refractivity contribution in [1.82, 2.24) is 10.2 Å². The Bertz CT molecular complexity index is 452. The highest BCUT2D eigenvalue weighted by Gasteiger charge is 2.32. The third-order valence-corrected chi connectivity index (χ3v) is 4.73. The molecule has 3 unspecified atom stereocenters. The number of benzene rings is 1. The van der Waals surface area contributed by atoms with Crippen LogP contribution in [0.1, 0.15) is 38.2 Å². The van der Waals surface area contributed by atoms with Crippen LogP contribution in [0, 0.1) is 11.8 Å². The van der Waals surface area contributed by atoms with Crippen molar-refractivity contribution in [3.63, 3.8) is 0 Å². The number of carbonyl (C=O) groups excluding carboxylic acids is 1. The number of amides is 1. The number of halogens is 1. The Hall–Kier alpha value is -1.06. The van der Waals surface area contributed by atoms with Gasteiger partial charge in [0, 0.05) is 25.6 Å². The molecule has 0 bridgehead atoms. The summed E-state index contributed by atoms with van der Waals surface area (Å²) in [6, 6.07) is 10.8. The first-order valence-corrected chi connectivity index (χ1v) is 8.15. The van der Waals surface area contributed by atoms with Gasteiger partial charge in [0.2, 0.25) is 5.91 Å². The van der Waals surface area contributed by atoms with E-state index in [1.54, 1.807) is 0 Å². The summed E-state index contributed by atoms with van der Waals surface area (Å²) in [6.45, 7) is 6.81. The lowest BCUT2D eigenvalue weighted by Crippen LogP contribution is -2.46. The van der Waals surface area contributed by atoms with Gasteiger partial charge in [-0.15, -0.1) is 12.4 Å². The summed E-state index contributed by atoms with van der Waals surface area (Å²) >= 11 is 0. The highest BCUT2D eigenvalue weighted by molar-refractivity contribution is 5.85. The van der Waals surface area contributed by atoms with Gasteiger partial charge in [0.1, 0.15) is 0 Å². The van der Waals surface area contributed by atoms with E-state index < -0.39 is 0 Å². The van der Waals surface area contributed by atoms with E-state index in [1.165, 1.54) is 5.56 Å². The molecule has 3 atom stereocenters. The molecule has 1 aliphatic rings. The molecule has 2 rings (SSSR count). The first-order valence-electron chi connectivity index (χ1n) is 8.15. The minimum Gasteiger partial charge on any atom is -0.342 e.